The Hall–Kier alpha value is 1.26. The van der Waals surface area contributed by atoms with Crippen LogP contribution in [0, 0.1) is 0 Å². The van der Waals surface area contributed by atoms with Crippen molar-refractivity contribution in [1.82, 2.24) is 0 Å². The molecule has 0 bridgehead atoms. The molecule has 20 heteroatoms. The first-order chi connectivity index (χ1) is 24.8. The highest BCUT2D eigenvalue weighted by molar-refractivity contribution is 6.94. The summed E-state index contributed by atoms with van der Waals surface area (Å²) >= 11 is 0. The van der Waals surface area contributed by atoms with E-state index in [1.54, 1.807) is 0 Å². The first-order valence-electron chi connectivity index (χ1n) is 20.5. The van der Waals surface area contributed by atoms with Crippen LogP contribution in [0.5, 0.6) is 0 Å². The van der Waals surface area contributed by atoms with Crippen molar-refractivity contribution < 1.29 is 54.4 Å². The van der Waals surface area contributed by atoms with E-state index in [1.165, 1.54) is 0 Å². The minimum absolute atomic E-state index is 0.101. The van der Waals surface area contributed by atoms with Crippen molar-refractivity contribution in [3.05, 3.63) is 0 Å². The van der Waals surface area contributed by atoms with Gasteiger partial charge in [0, 0.05) is 52.9 Å². The maximum absolute atomic E-state index is 7.93. The Bertz CT molecular complexity index is 751. The van der Waals surface area contributed by atoms with Crippen molar-refractivity contribution in [2.75, 3.05) is 52.9 Å². The number of hydrogen-bond acceptors (Lipinski definition) is 12. The molecule has 0 radical (unpaired) electrons. The summed E-state index contributed by atoms with van der Waals surface area (Å²) in [5, 5.41) is 0. The SMILES string of the molecule is CCOC(OCC)[SiH2]CC[Si]1(CC[SiH2]C(OCC)OCC)O[Si](C)(C)O[Si](C)(C)O[Si](CC[SiH2]C(OCC)OCC)(CC[SiH2]C(OCC)OCC)O1. The van der Waals surface area contributed by atoms with Crippen LogP contribution in [0.1, 0.15) is 55.4 Å². The average molecular weight is 882 g/mol. The molecule has 1 saturated heterocycles. The van der Waals surface area contributed by atoms with Crippen molar-refractivity contribution in [1.29, 1.82) is 0 Å². The van der Waals surface area contributed by atoms with Crippen LogP contribution in [0.2, 0.25) is 74.5 Å². The van der Waals surface area contributed by atoms with Crippen LogP contribution in [0.25, 0.3) is 0 Å². The molecule has 1 fully saturated rings. The Kier molecular flexibility index (Phi) is 28.2. The second kappa shape index (κ2) is 28.6. The lowest BCUT2D eigenvalue weighted by Crippen LogP contribution is -2.67. The van der Waals surface area contributed by atoms with Crippen molar-refractivity contribution in [2.45, 2.75) is 154 Å². The van der Waals surface area contributed by atoms with E-state index in [0.29, 0.717) is 52.9 Å². The largest absolute Gasteiger partial charge is 0.416 e. The van der Waals surface area contributed by atoms with Gasteiger partial charge in [0.15, 0.2) is 0 Å². The number of hydrogen-bond donors (Lipinski definition) is 0. The van der Waals surface area contributed by atoms with Gasteiger partial charge in [0.2, 0.25) is 0 Å². The minimum atomic E-state index is -2.89. The molecule has 1 heterocycles. The van der Waals surface area contributed by atoms with Crippen LogP contribution in [0.3, 0.4) is 0 Å². The predicted octanol–water partition coefficient (Wildman–Crippen LogP) is 4.13. The Morgan fingerprint density at radius 2 is 0.558 bits per heavy atom. The molecule has 0 aromatic carbocycles. The van der Waals surface area contributed by atoms with E-state index in [-0.39, 0.29) is 23.7 Å². The monoisotopic (exact) mass is 880 g/mol. The summed E-state index contributed by atoms with van der Waals surface area (Å²) in [6.45, 7) is 30.3. The molecule has 0 aromatic heterocycles. The summed E-state index contributed by atoms with van der Waals surface area (Å²) in [4.78, 5) is 0. The second-order valence-corrected chi connectivity index (χ2v) is 36.3. The van der Waals surface area contributed by atoms with E-state index in [4.69, 9.17) is 54.4 Å². The maximum Gasteiger partial charge on any atom is 0.319 e. The topological polar surface area (TPSA) is 111 Å². The highest BCUT2D eigenvalue weighted by Crippen LogP contribution is 2.40. The first kappa shape index (κ1) is 51.3. The Morgan fingerprint density at radius 3 is 0.750 bits per heavy atom. The van der Waals surface area contributed by atoms with Gasteiger partial charge in [-0.3, -0.25) is 0 Å². The highest BCUT2D eigenvalue weighted by atomic mass is 28.5. The summed E-state index contributed by atoms with van der Waals surface area (Å²) in [5.41, 5.74) is 0. The first-order valence-corrected chi connectivity index (χ1v) is 37.9. The van der Waals surface area contributed by atoms with Crippen molar-refractivity contribution in [3.63, 3.8) is 0 Å². The fourth-order valence-corrected chi connectivity index (χ4v) is 44.1. The fourth-order valence-electron chi connectivity index (χ4n) is 7.07. The molecule has 52 heavy (non-hydrogen) atoms. The van der Waals surface area contributed by atoms with E-state index in [9.17, 15) is 0 Å². The second-order valence-electron chi connectivity index (χ2n) is 14.0. The van der Waals surface area contributed by atoms with E-state index in [2.05, 4.69) is 26.2 Å². The molecule has 1 aliphatic rings. The zero-order valence-corrected chi connectivity index (χ0v) is 45.0. The smallest absolute Gasteiger partial charge is 0.319 e. The molecule has 0 aromatic rings. The molecule has 0 spiro atoms. The van der Waals surface area contributed by atoms with Gasteiger partial charge in [0.05, 0.1) is 38.1 Å². The summed E-state index contributed by atoms with van der Waals surface area (Å²) in [5.74, 6) is -0.406. The normalized spacial score (nSPS) is 23.1. The zero-order valence-electron chi connectivity index (χ0n) is 35.4. The van der Waals surface area contributed by atoms with Crippen LogP contribution < -0.4 is 0 Å². The van der Waals surface area contributed by atoms with Crippen LogP contribution in [0.15, 0.2) is 0 Å². The molecule has 0 amide bonds. The van der Waals surface area contributed by atoms with E-state index >= 15 is 0 Å². The quantitative estimate of drug-likeness (QED) is 0.0717. The van der Waals surface area contributed by atoms with Crippen LogP contribution >= 0.6 is 0 Å². The van der Waals surface area contributed by atoms with E-state index < -0.39 is 72.3 Å². The van der Waals surface area contributed by atoms with Gasteiger partial charge in [-0.25, -0.2) is 0 Å². The van der Waals surface area contributed by atoms with Gasteiger partial charge in [-0.1, -0.05) is 24.2 Å². The lowest BCUT2D eigenvalue weighted by molar-refractivity contribution is -0.0829. The average Bonchev–Trinajstić information content (AvgIpc) is 3.04. The van der Waals surface area contributed by atoms with Gasteiger partial charge in [-0.2, -0.15) is 0 Å². The predicted molar refractivity (Wildman–Crippen MR) is 232 cm³/mol. The van der Waals surface area contributed by atoms with Crippen molar-refractivity contribution >= 4 is 72.3 Å². The third-order valence-corrected chi connectivity index (χ3v) is 36.5. The lowest BCUT2D eigenvalue weighted by Gasteiger charge is -2.51. The van der Waals surface area contributed by atoms with Crippen molar-refractivity contribution in [2.24, 2.45) is 0 Å². The Labute approximate surface area is 331 Å². The fraction of sp³-hybridized carbons (Fsp3) is 1.00. The van der Waals surface area contributed by atoms with Crippen LogP contribution in [-0.4, -0.2) is 149 Å². The van der Waals surface area contributed by atoms with Crippen LogP contribution in [-0.2, 0) is 54.4 Å². The Morgan fingerprint density at radius 1 is 0.346 bits per heavy atom. The Balaban J connectivity index is 3.67. The molecule has 0 unspecified atom stereocenters. The molecule has 0 atom stereocenters. The lowest BCUT2D eigenvalue weighted by atomic mass is 10.8. The molecule has 0 saturated carbocycles. The van der Waals surface area contributed by atoms with Gasteiger partial charge in [0.1, 0.15) is 23.7 Å². The summed E-state index contributed by atoms with van der Waals surface area (Å²) < 4.78 is 78.3. The molecule has 0 aliphatic carbocycles. The molecule has 0 N–H and O–H groups in total. The number of ether oxygens (including phenoxy) is 8. The van der Waals surface area contributed by atoms with Gasteiger partial charge < -0.3 is 54.4 Å². The van der Waals surface area contributed by atoms with Gasteiger partial charge in [-0.15, -0.1) is 0 Å². The summed E-state index contributed by atoms with van der Waals surface area (Å²) in [6, 6.07) is 7.66. The highest BCUT2D eigenvalue weighted by Gasteiger charge is 2.57. The standard InChI is InChI=1S/C32H80O12Si8/c1-13-33-29(34-14-2)45-21-25-51(26-22-46-30(35-15-3)36-16-4)42-49(9,10)41-50(11,12)43-52(44-51,27-23-47-31(37-17-5)38-18-6)28-24-48-32(39-19-7)40-20-8/h29-32H,13-28,45-48H2,1-12H3. The molecule has 1 aliphatic heterocycles. The number of rotatable bonds is 32. The van der Waals surface area contributed by atoms with E-state index in [0.717, 1.165) is 48.4 Å². The van der Waals surface area contributed by atoms with E-state index in [1.807, 2.05) is 55.4 Å². The van der Waals surface area contributed by atoms with Gasteiger partial charge in [-0.05, 0) is 106 Å². The summed E-state index contributed by atoms with van der Waals surface area (Å²) in [6.07, 6.45) is 0. The molecule has 1 rings (SSSR count). The van der Waals surface area contributed by atoms with Gasteiger partial charge in [0.25, 0.3) is 0 Å². The summed E-state index contributed by atoms with van der Waals surface area (Å²) in [7, 11) is -13.9. The third kappa shape index (κ3) is 21.7. The molecular formula is C32H80O12Si8. The molecule has 12 nitrogen and oxygen atoms in total. The van der Waals surface area contributed by atoms with Crippen LogP contribution in [0.4, 0.5) is 0 Å². The maximum atomic E-state index is 7.93. The molecule has 312 valence electrons. The van der Waals surface area contributed by atoms with Gasteiger partial charge >= 0.3 is 34.2 Å². The van der Waals surface area contributed by atoms with Crippen molar-refractivity contribution in [3.8, 4) is 0 Å². The molecular weight excluding hydrogens is 801 g/mol. The zero-order chi connectivity index (χ0) is 38.9. The minimum Gasteiger partial charge on any atom is -0.416 e. The third-order valence-electron chi connectivity index (χ3n) is 8.54.